The molecule has 2 saturated heterocycles. The number of nitrogens with one attached hydrogen (secondary N) is 5. The van der Waals surface area contributed by atoms with Crippen molar-refractivity contribution in [2.24, 2.45) is 11.8 Å². The van der Waals surface area contributed by atoms with Crippen molar-refractivity contribution in [3.05, 3.63) is 59.7 Å². The topological polar surface area (TPSA) is 138 Å². The fourth-order valence-electron chi connectivity index (χ4n) is 4.11. The summed E-state index contributed by atoms with van der Waals surface area (Å²) in [6.45, 7) is 3.96. The van der Waals surface area contributed by atoms with Crippen molar-refractivity contribution >= 4 is 35.1 Å². The summed E-state index contributed by atoms with van der Waals surface area (Å²) in [6.07, 6.45) is -1.44. The number of aryl methyl sites for hydroxylation is 1. The average Bonchev–Trinajstić information content (AvgIpc) is 2.80. The summed E-state index contributed by atoms with van der Waals surface area (Å²) in [5, 5.41) is 14.7. The molecule has 0 saturated carbocycles. The Morgan fingerprint density at radius 1 is 1.00 bits per heavy atom. The van der Waals surface area contributed by atoms with E-state index in [4.69, 9.17) is 4.74 Å². The molecule has 4 atom stereocenters. The highest BCUT2D eigenvalue weighted by Crippen LogP contribution is 2.28. The number of piperidine rings is 1. The molecule has 0 spiro atoms. The summed E-state index contributed by atoms with van der Waals surface area (Å²) >= 11 is 0. The summed E-state index contributed by atoms with van der Waals surface area (Å²) in [5.41, 5.74) is 2.71. The molecule has 2 heterocycles. The van der Waals surface area contributed by atoms with Crippen LogP contribution in [0.15, 0.2) is 48.5 Å². The highest BCUT2D eigenvalue weighted by molar-refractivity contribution is 6.00. The Morgan fingerprint density at radius 2 is 1.68 bits per heavy atom. The van der Waals surface area contributed by atoms with Crippen LogP contribution in [0, 0.1) is 18.8 Å². The monoisotopic (exact) mass is 465 g/mol. The molecule has 2 aliphatic heterocycles. The van der Waals surface area contributed by atoms with Gasteiger partial charge in [0.25, 0.3) is 0 Å². The van der Waals surface area contributed by atoms with E-state index in [9.17, 15) is 19.2 Å². The van der Waals surface area contributed by atoms with Gasteiger partial charge in [-0.05, 0) is 50.2 Å². The minimum absolute atomic E-state index is 0.112. The van der Waals surface area contributed by atoms with Crippen LogP contribution in [0.3, 0.4) is 0 Å². The molecule has 3 amide bonds. The number of esters is 1. The van der Waals surface area contributed by atoms with Crippen LogP contribution in [0.1, 0.15) is 29.3 Å². The van der Waals surface area contributed by atoms with Crippen LogP contribution >= 0.6 is 0 Å². The minimum Gasteiger partial charge on any atom is -0.462 e. The average molecular weight is 466 g/mol. The second-order valence-electron chi connectivity index (χ2n) is 8.29. The number of amides is 3. The van der Waals surface area contributed by atoms with Crippen LogP contribution in [-0.2, 0) is 19.1 Å². The smallest absolute Gasteiger partial charge is 0.338 e. The van der Waals surface area contributed by atoms with E-state index in [1.807, 2.05) is 31.2 Å². The zero-order chi connectivity index (χ0) is 24.2. The van der Waals surface area contributed by atoms with E-state index in [-0.39, 0.29) is 24.8 Å². The highest BCUT2D eigenvalue weighted by Gasteiger charge is 2.48. The molecule has 2 aromatic carbocycles. The van der Waals surface area contributed by atoms with Crippen molar-refractivity contribution in [3.63, 3.8) is 0 Å². The van der Waals surface area contributed by atoms with Crippen LogP contribution in [0.25, 0.3) is 0 Å². The predicted molar refractivity (Wildman–Crippen MR) is 124 cm³/mol. The van der Waals surface area contributed by atoms with Crippen molar-refractivity contribution in [1.82, 2.24) is 16.0 Å². The fourth-order valence-corrected chi connectivity index (χ4v) is 4.11. The molecule has 0 aromatic heterocycles. The van der Waals surface area contributed by atoms with Gasteiger partial charge in [-0.2, -0.15) is 0 Å². The number of benzene rings is 2. The fraction of sp³-hybridized carbons (Fsp3) is 0.333. The molecule has 10 heteroatoms. The largest absolute Gasteiger partial charge is 0.462 e. The molecule has 4 rings (SSSR count). The summed E-state index contributed by atoms with van der Waals surface area (Å²) in [6, 6.07) is 13.9. The maximum absolute atomic E-state index is 13.0. The second kappa shape index (κ2) is 9.92. The van der Waals surface area contributed by atoms with Crippen LogP contribution in [0.2, 0.25) is 0 Å². The van der Waals surface area contributed by atoms with Gasteiger partial charge in [-0.25, -0.2) is 4.79 Å². The van der Waals surface area contributed by atoms with Gasteiger partial charge in [-0.3, -0.25) is 19.7 Å². The van der Waals surface area contributed by atoms with Gasteiger partial charge < -0.3 is 26.0 Å². The number of carbonyl (C=O) groups is 4. The van der Waals surface area contributed by atoms with Gasteiger partial charge in [0, 0.05) is 17.8 Å². The molecule has 0 aliphatic carbocycles. The zero-order valence-corrected chi connectivity index (χ0v) is 18.9. The Bertz CT molecular complexity index is 1090. The number of ether oxygens (including phenoxy) is 1. The number of anilines is 2. The van der Waals surface area contributed by atoms with Gasteiger partial charge in [-0.15, -0.1) is 0 Å². The summed E-state index contributed by atoms with van der Waals surface area (Å²) < 4.78 is 4.95. The number of rotatable bonds is 6. The molecule has 2 fully saturated rings. The van der Waals surface area contributed by atoms with Crippen molar-refractivity contribution in [2.45, 2.75) is 32.7 Å². The second-order valence-corrected chi connectivity index (χ2v) is 8.29. The summed E-state index contributed by atoms with van der Waals surface area (Å²) in [5.74, 6) is -3.22. The molecule has 5 N–H and O–H groups in total. The summed E-state index contributed by atoms with van der Waals surface area (Å²) in [7, 11) is 0. The number of hydrogen-bond acceptors (Lipinski definition) is 7. The van der Waals surface area contributed by atoms with E-state index in [1.54, 1.807) is 31.2 Å². The van der Waals surface area contributed by atoms with Crippen LogP contribution in [0.5, 0.6) is 0 Å². The molecule has 4 unspecified atom stereocenters. The van der Waals surface area contributed by atoms with Gasteiger partial charge in [-0.1, -0.05) is 17.7 Å². The van der Waals surface area contributed by atoms with E-state index in [0.29, 0.717) is 11.3 Å². The molecule has 2 aliphatic rings. The Morgan fingerprint density at radius 3 is 2.35 bits per heavy atom. The van der Waals surface area contributed by atoms with Crippen molar-refractivity contribution in [3.8, 4) is 0 Å². The molecular weight excluding hydrogens is 438 g/mol. The van der Waals surface area contributed by atoms with Crippen molar-refractivity contribution in [2.75, 3.05) is 17.2 Å². The lowest BCUT2D eigenvalue weighted by atomic mass is 9.81. The van der Waals surface area contributed by atoms with Gasteiger partial charge >= 0.3 is 5.97 Å². The van der Waals surface area contributed by atoms with Crippen LogP contribution in [0.4, 0.5) is 11.4 Å². The van der Waals surface area contributed by atoms with Gasteiger partial charge in [0.05, 0.1) is 30.2 Å². The third-order valence-electron chi connectivity index (χ3n) is 5.81. The van der Waals surface area contributed by atoms with Gasteiger partial charge in [0.15, 0.2) is 6.29 Å². The van der Waals surface area contributed by atoms with Gasteiger partial charge in [0.2, 0.25) is 17.7 Å². The first-order valence-electron chi connectivity index (χ1n) is 11.1. The molecule has 34 heavy (non-hydrogen) atoms. The molecule has 0 bridgehead atoms. The number of fused-ring (bicyclic) bond motifs is 1. The van der Waals surface area contributed by atoms with Crippen molar-refractivity contribution < 1.29 is 23.9 Å². The molecule has 0 radical (unpaired) electrons. The Labute approximate surface area is 196 Å². The van der Waals surface area contributed by atoms with Crippen LogP contribution < -0.4 is 26.6 Å². The Kier molecular flexibility index (Phi) is 6.78. The van der Waals surface area contributed by atoms with Crippen molar-refractivity contribution in [1.29, 1.82) is 0 Å². The van der Waals surface area contributed by atoms with E-state index >= 15 is 0 Å². The third-order valence-corrected chi connectivity index (χ3v) is 5.81. The zero-order valence-electron chi connectivity index (χ0n) is 18.9. The van der Waals surface area contributed by atoms with Gasteiger partial charge in [0.1, 0.15) is 0 Å². The normalized spacial score (nSPS) is 23.7. The third kappa shape index (κ3) is 5.18. The maximum atomic E-state index is 13.0. The Balaban J connectivity index is 1.43. The van der Waals surface area contributed by atoms with E-state index in [1.165, 1.54) is 0 Å². The minimum atomic E-state index is -0.865. The molecule has 10 nitrogen and oxygen atoms in total. The molecule has 2 aromatic rings. The maximum Gasteiger partial charge on any atom is 0.338 e. The summed E-state index contributed by atoms with van der Waals surface area (Å²) in [4.78, 5) is 50.1. The highest BCUT2D eigenvalue weighted by atomic mass is 16.5. The Hall–Kier alpha value is -3.92. The number of hydrogen-bond donors (Lipinski definition) is 5. The van der Waals surface area contributed by atoms with E-state index in [0.717, 1.165) is 11.3 Å². The van der Waals surface area contributed by atoms with E-state index in [2.05, 4.69) is 26.6 Å². The molecule has 178 valence electrons. The van der Waals surface area contributed by atoms with Crippen LogP contribution in [-0.4, -0.2) is 42.8 Å². The predicted octanol–water partition coefficient (Wildman–Crippen LogP) is 1.30. The number of carbonyl (C=O) groups excluding carboxylic acids is 4. The standard InChI is InChI=1S/C24H27N5O5/c1-3-34-23(33)14-6-10-15(11-7-14)25-21(31)17-12-18(30)27-20-19(17)22(32)29-24(28-20)26-16-8-4-13(2)5-9-16/h4-11,17,19-20,24,26,28H,3,12H2,1-2H3,(H,25,31)(H,27,30)(H,29,32). The van der Waals surface area contributed by atoms with E-state index < -0.39 is 36.2 Å². The first kappa shape index (κ1) is 23.2. The molecular formula is C24H27N5O5. The lowest BCUT2D eigenvalue weighted by Crippen LogP contribution is -2.72. The first-order valence-corrected chi connectivity index (χ1v) is 11.1. The first-order chi connectivity index (χ1) is 16.3. The quantitative estimate of drug-likeness (QED) is 0.406. The lowest BCUT2D eigenvalue weighted by Gasteiger charge is -2.43. The SMILES string of the molecule is CCOC(=O)c1ccc(NC(=O)C2CC(=O)NC3NC(Nc4ccc(C)cc4)NC(=O)C32)cc1. The lowest BCUT2D eigenvalue weighted by molar-refractivity contribution is -0.144.